The van der Waals surface area contributed by atoms with E-state index >= 15 is 0 Å². The van der Waals surface area contributed by atoms with Crippen molar-refractivity contribution in [2.45, 2.75) is 24.7 Å². The molecule has 0 aromatic heterocycles. The molecule has 0 radical (unpaired) electrons. The van der Waals surface area contributed by atoms with Crippen molar-refractivity contribution in [1.29, 1.82) is 0 Å². The molecule has 2 amide bonds. The lowest BCUT2D eigenvalue weighted by Crippen LogP contribution is -2.43. The van der Waals surface area contributed by atoms with E-state index in [1.54, 1.807) is 18.2 Å². The van der Waals surface area contributed by atoms with Gasteiger partial charge in [-0.25, -0.2) is 8.42 Å². The monoisotopic (exact) mass is 463 g/mol. The van der Waals surface area contributed by atoms with Crippen molar-refractivity contribution in [3.8, 4) is 5.75 Å². The van der Waals surface area contributed by atoms with Crippen LogP contribution in [0.2, 0.25) is 5.02 Å². The number of rotatable bonds is 4. The second kappa shape index (κ2) is 8.49. The molecule has 2 N–H and O–H groups in total. The molecule has 2 aromatic rings. The van der Waals surface area contributed by atoms with Crippen molar-refractivity contribution >= 4 is 44.8 Å². The molecule has 1 fully saturated rings. The van der Waals surface area contributed by atoms with Gasteiger partial charge in [0.2, 0.25) is 15.9 Å². The van der Waals surface area contributed by atoms with Crippen LogP contribution in [0.4, 0.5) is 11.4 Å². The highest BCUT2D eigenvalue weighted by atomic mass is 35.5. The van der Waals surface area contributed by atoms with Gasteiger partial charge in [-0.05, 0) is 55.7 Å². The molecule has 0 spiro atoms. The van der Waals surface area contributed by atoms with Gasteiger partial charge in [-0.1, -0.05) is 17.7 Å². The maximum absolute atomic E-state index is 13.2. The summed E-state index contributed by atoms with van der Waals surface area (Å²) in [6, 6.07) is 9.62. The second-order valence-electron chi connectivity index (χ2n) is 7.60. The predicted molar refractivity (Wildman–Crippen MR) is 117 cm³/mol. The number of nitrogens with zero attached hydrogens (tertiary/aromatic N) is 1. The molecule has 10 heteroatoms. The van der Waals surface area contributed by atoms with Gasteiger partial charge in [0.1, 0.15) is 5.75 Å². The van der Waals surface area contributed by atoms with Gasteiger partial charge in [0.15, 0.2) is 6.61 Å². The Balaban J connectivity index is 1.51. The van der Waals surface area contributed by atoms with Gasteiger partial charge in [-0.3, -0.25) is 9.59 Å². The SMILES string of the molecule is Cc1c(Cl)cccc1NC(=O)[C@H]1CCCN(S(=O)(=O)c2ccc3c(c2)NC(=O)CO3)C1. The summed E-state index contributed by atoms with van der Waals surface area (Å²) in [5, 5.41) is 6.04. The average molecular weight is 464 g/mol. The normalized spacial score (nSPS) is 19.2. The van der Waals surface area contributed by atoms with Crippen LogP contribution < -0.4 is 15.4 Å². The number of benzene rings is 2. The summed E-state index contributed by atoms with van der Waals surface area (Å²) in [4.78, 5) is 24.4. The van der Waals surface area contributed by atoms with E-state index in [0.29, 0.717) is 41.5 Å². The molecule has 164 valence electrons. The number of carbonyl (C=O) groups is 2. The molecule has 0 unspecified atom stereocenters. The molecule has 31 heavy (non-hydrogen) atoms. The van der Waals surface area contributed by atoms with Crippen molar-refractivity contribution in [2.75, 3.05) is 30.3 Å². The number of carbonyl (C=O) groups excluding carboxylic acids is 2. The molecule has 2 aliphatic heterocycles. The number of anilines is 2. The minimum absolute atomic E-state index is 0.0452. The Morgan fingerprint density at radius 2 is 2.10 bits per heavy atom. The van der Waals surface area contributed by atoms with Crippen LogP contribution in [0.15, 0.2) is 41.3 Å². The van der Waals surface area contributed by atoms with Crippen LogP contribution in [0.5, 0.6) is 5.75 Å². The Morgan fingerprint density at radius 3 is 2.90 bits per heavy atom. The van der Waals surface area contributed by atoms with Crippen molar-refractivity contribution in [3.05, 3.63) is 47.0 Å². The van der Waals surface area contributed by atoms with Crippen LogP contribution >= 0.6 is 11.6 Å². The lowest BCUT2D eigenvalue weighted by molar-refractivity contribution is -0.121. The quantitative estimate of drug-likeness (QED) is 0.725. The van der Waals surface area contributed by atoms with E-state index in [9.17, 15) is 18.0 Å². The van der Waals surface area contributed by atoms with Crippen molar-refractivity contribution in [1.82, 2.24) is 4.31 Å². The molecule has 0 aliphatic carbocycles. The molecule has 0 saturated carbocycles. The third-order valence-corrected chi connectivity index (χ3v) is 7.77. The Bertz CT molecular complexity index is 1150. The van der Waals surface area contributed by atoms with E-state index in [4.69, 9.17) is 16.3 Å². The summed E-state index contributed by atoms with van der Waals surface area (Å²) < 4.78 is 33.0. The highest BCUT2D eigenvalue weighted by molar-refractivity contribution is 7.89. The molecular formula is C21H22ClN3O5S. The first-order valence-corrected chi connectivity index (χ1v) is 11.7. The first-order valence-electron chi connectivity index (χ1n) is 9.88. The Morgan fingerprint density at radius 1 is 1.29 bits per heavy atom. The van der Waals surface area contributed by atoms with Gasteiger partial charge in [0.05, 0.1) is 16.5 Å². The number of fused-ring (bicyclic) bond motifs is 1. The largest absolute Gasteiger partial charge is 0.482 e. The van der Waals surface area contributed by atoms with E-state index in [-0.39, 0.29) is 29.9 Å². The summed E-state index contributed by atoms with van der Waals surface area (Å²) >= 11 is 6.12. The molecule has 2 aromatic carbocycles. The van der Waals surface area contributed by atoms with E-state index in [1.165, 1.54) is 22.5 Å². The van der Waals surface area contributed by atoms with Crippen LogP contribution in [0, 0.1) is 12.8 Å². The van der Waals surface area contributed by atoms with E-state index in [2.05, 4.69) is 10.6 Å². The molecule has 4 rings (SSSR count). The van der Waals surface area contributed by atoms with Crippen LogP contribution in [0.1, 0.15) is 18.4 Å². The molecule has 0 bridgehead atoms. The van der Waals surface area contributed by atoms with Crippen molar-refractivity contribution in [2.24, 2.45) is 5.92 Å². The van der Waals surface area contributed by atoms with E-state index < -0.39 is 15.9 Å². The van der Waals surface area contributed by atoms with Crippen LogP contribution in [-0.2, 0) is 19.6 Å². The maximum atomic E-state index is 13.2. The summed E-state index contributed by atoms with van der Waals surface area (Å²) in [6.45, 7) is 2.11. The fourth-order valence-electron chi connectivity index (χ4n) is 3.72. The van der Waals surface area contributed by atoms with Gasteiger partial charge in [-0.2, -0.15) is 4.31 Å². The number of amides is 2. The van der Waals surface area contributed by atoms with Gasteiger partial charge in [0, 0.05) is 23.8 Å². The lowest BCUT2D eigenvalue weighted by atomic mass is 9.98. The standard InChI is InChI=1S/C21H22ClN3O5S/c1-13-16(22)5-2-6-17(13)24-21(27)14-4-3-9-25(11-14)31(28,29)15-7-8-19-18(10-15)23-20(26)12-30-19/h2,5-8,10,14H,3-4,9,11-12H2,1H3,(H,23,26)(H,24,27)/t14-/m0/s1. The summed E-state index contributed by atoms with van der Waals surface area (Å²) in [5.74, 6) is -0.640. The predicted octanol–water partition coefficient (Wildman–Crippen LogP) is 3.02. The van der Waals surface area contributed by atoms with Crippen LogP contribution in [-0.4, -0.2) is 44.2 Å². The molecule has 2 aliphatic rings. The number of hydrogen-bond acceptors (Lipinski definition) is 5. The molecule has 2 heterocycles. The first kappa shape index (κ1) is 21.6. The number of nitrogens with one attached hydrogen (secondary N) is 2. The highest BCUT2D eigenvalue weighted by Gasteiger charge is 2.34. The number of ether oxygens (including phenoxy) is 1. The Labute approximate surface area is 185 Å². The smallest absolute Gasteiger partial charge is 0.262 e. The minimum atomic E-state index is -3.84. The summed E-state index contributed by atoms with van der Waals surface area (Å²) in [6.07, 6.45) is 1.15. The van der Waals surface area contributed by atoms with Gasteiger partial charge in [-0.15, -0.1) is 0 Å². The lowest BCUT2D eigenvalue weighted by Gasteiger charge is -2.31. The maximum Gasteiger partial charge on any atom is 0.262 e. The van der Waals surface area contributed by atoms with Crippen LogP contribution in [0.25, 0.3) is 0 Å². The fourth-order valence-corrected chi connectivity index (χ4v) is 5.45. The summed E-state index contributed by atoms with van der Waals surface area (Å²) in [5.41, 5.74) is 1.69. The number of piperidine rings is 1. The zero-order chi connectivity index (χ0) is 22.2. The van der Waals surface area contributed by atoms with Gasteiger partial charge < -0.3 is 15.4 Å². The fraction of sp³-hybridized carbons (Fsp3) is 0.333. The molecular weight excluding hydrogens is 442 g/mol. The zero-order valence-corrected chi connectivity index (χ0v) is 18.4. The topological polar surface area (TPSA) is 105 Å². The third kappa shape index (κ3) is 4.39. The van der Waals surface area contributed by atoms with Crippen molar-refractivity contribution in [3.63, 3.8) is 0 Å². The molecule has 8 nitrogen and oxygen atoms in total. The van der Waals surface area contributed by atoms with Crippen molar-refractivity contribution < 1.29 is 22.7 Å². The molecule has 1 saturated heterocycles. The van der Waals surface area contributed by atoms with Gasteiger partial charge >= 0.3 is 0 Å². The number of halogens is 1. The second-order valence-corrected chi connectivity index (χ2v) is 9.94. The van der Waals surface area contributed by atoms with Gasteiger partial charge in [0.25, 0.3) is 5.91 Å². The minimum Gasteiger partial charge on any atom is -0.482 e. The highest BCUT2D eigenvalue weighted by Crippen LogP contribution is 2.33. The van der Waals surface area contributed by atoms with Crippen LogP contribution in [0.3, 0.4) is 0 Å². The molecule has 1 atom stereocenters. The van der Waals surface area contributed by atoms with E-state index in [0.717, 1.165) is 5.56 Å². The van der Waals surface area contributed by atoms with E-state index in [1.807, 2.05) is 6.92 Å². The zero-order valence-electron chi connectivity index (χ0n) is 16.9. The third-order valence-electron chi connectivity index (χ3n) is 5.50. The number of hydrogen-bond donors (Lipinski definition) is 2. The Kier molecular flexibility index (Phi) is 5.92. The Hall–Kier alpha value is -2.62. The first-order chi connectivity index (χ1) is 14.8. The average Bonchev–Trinajstić information content (AvgIpc) is 2.76. The summed E-state index contributed by atoms with van der Waals surface area (Å²) in [7, 11) is -3.84. The number of sulfonamides is 1.